The van der Waals surface area contributed by atoms with Crippen LogP contribution in [0.15, 0.2) is 65.7 Å². The average molecular weight is 492 g/mol. The highest BCUT2D eigenvalue weighted by atomic mass is 32.1. The van der Waals surface area contributed by atoms with E-state index in [0.717, 1.165) is 23.5 Å². The van der Waals surface area contributed by atoms with Gasteiger partial charge in [-0.2, -0.15) is 0 Å². The second-order valence-corrected chi connectivity index (χ2v) is 9.12. The molecule has 1 aromatic heterocycles. The molecule has 2 amide bonds. The van der Waals surface area contributed by atoms with Gasteiger partial charge in [-0.1, -0.05) is 18.2 Å². The molecule has 0 radical (unpaired) electrons. The van der Waals surface area contributed by atoms with E-state index in [1.165, 1.54) is 44.1 Å². The molecule has 4 rings (SSSR count). The van der Waals surface area contributed by atoms with Gasteiger partial charge in [0.1, 0.15) is 5.70 Å². The number of ether oxygens (including phenoxy) is 2. The Morgan fingerprint density at radius 1 is 1.00 bits per heavy atom. The number of nitrogens with one attached hydrogen (secondary N) is 2. The van der Waals surface area contributed by atoms with Crippen molar-refractivity contribution in [3.8, 4) is 11.5 Å². The number of carbonyl (C=O) groups is 2. The summed E-state index contributed by atoms with van der Waals surface area (Å²) in [6.45, 7) is 2.53. The minimum atomic E-state index is -0.418. The van der Waals surface area contributed by atoms with Crippen LogP contribution in [0.4, 0.5) is 5.69 Å². The van der Waals surface area contributed by atoms with Crippen LogP contribution in [0.1, 0.15) is 33.6 Å². The van der Waals surface area contributed by atoms with Crippen molar-refractivity contribution in [1.82, 2.24) is 10.6 Å². The zero-order valence-corrected chi connectivity index (χ0v) is 20.7. The number of benzene rings is 2. The van der Waals surface area contributed by atoms with Gasteiger partial charge in [0.05, 0.1) is 14.2 Å². The lowest BCUT2D eigenvalue weighted by Crippen LogP contribution is -2.34. The largest absolute Gasteiger partial charge is 0.493 e. The van der Waals surface area contributed by atoms with Crippen molar-refractivity contribution in [2.45, 2.75) is 19.4 Å². The van der Waals surface area contributed by atoms with E-state index < -0.39 is 5.91 Å². The molecule has 0 unspecified atom stereocenters. The Labute approximate surface area is 209 Å². The number of hydrogen-bond acceptors (Lipinski definition) is 6. The van der Waals surface area contributed by atoms with E-state index in [4.69, 9.17) is 9.47 Å². The smallest absolute Gasteiger partial charge is 0.268 e. The van der Waals surface area contributed by atoms with Crippen LogP contribution >= 0.6 is 11.3 Å². The van der Waals surface area contributed by atoms with Gasteiger partial charge in [-0.3, -0.25) is 9.59 Å². The molecular weight excluding hydrogens is 462 g/mol. The summed E-state index contributed by atoms with van der Waals surface area (Å²) >= 11 is 1.48. The summed E-state index contributed by atoms with van der Waals surface area (Å²) < 4.78 is 10.5. The van der Waals surface area contributed by atoms with Crippen LogP contribution < -0.4 is 25.0 Å². The Morgan fingerprint density at radius 2 is 1.74 bits per heavy atom. The van der Waals surface area contributed by atoms with E-state index in [-0.39, 0.29) is 11.6 Å². The second-order valence-electron chi connectivity index (χ2n) is 8.14. The highest BCUT2D eigenvalue weighted by molar-refractivity contribution is 7.10. The molecule has 0 atom stereocenters. The number of methoxy groups -OCH3 is 2. The summed E-state index contributed by atoms with van der Waals surface area (Å²) in [5, 5.41) is 7.60. The number of carbonyl (C=O) groups excluding carboxylic acids is 2. The number of hydrogen-bond donors (Lipinski definition) is 2. The van der Waals surface area contributed by atoms with Crippen LogP contribution in [-0.4, -0.2) is 39.1 Å². The first-order chi connectivity index (χ1) is 17.1. The van der Waals surface area contributed by atoms with Crippen LogP contribution in [0.2, 0.25) is 0 Å². The van der Waals surface area contributed by atoms with Gasteiger partial charge in [0.25, 0.3) is 11.8 Å². The van der Waals surface area contributed by atoms with Crippen LogP contribution in [0.5, 0.6) is 11.5 Å². The van der Waals surface area contributed by atoms with Gasteiger partial charge >= 0.3 is 0 Å². The number of nitrogens with zero attached hydrogens (tertiary/aromatic N) is 1. The van der Waals surface area contributed by atoms with E-state index in [0.29, 0.717) is 23.6 Å². The number of rotatable bonds is 9. The van der Waals surface area contributed by atoms with Gasteiger partial charge in [0.2, 0.25) is 0 Å². The quantitative estimate of drug-likeness (QED) is 0.432. The SMILES string of the molecule is COc1ccc(C(=O)N/C(=C\c2cccs2)C(=O)NCc2ccc(N3CCCC3)cc2)cc1OC. The molecule has 0 aliphatic carbocycles. The molecule has 2 heterocycles. The fraction of sp³-hybridized carbons (Fsp3) is 0.259. The molecule has 2 N–H and O–H groups in total. The summed E-state index contributed by atoms with van der Waals surface area (Å²) in [5.74, 6) is 0.174. The van der Waals surface area contributed by atoms with Crippen molar-refractivity contribution in [2.24, 2.45) is 0 Å². The molecular formula is C27H29N3O4S. The van der Waals surface area contributed by atoms with Crippen LogP contribution in [0.3, 0.4) is 0 Å². The Morgan fingerprint density at radius 3 is 2.40 bits per heavy atom. The third kappa shape index (κ3) is 6.22. The molecule has 0 spiro atoms. The molecule has 35 heavy (non-hydrogen) atoms. The first kappa shape index (κ1) is 24.3. The van der Waals surface area contributed by atoms with Crippen molar-refractivity contribution >= 4 is 34.9 Å². The molecule has 1 saturated heterocycles. The summed E-state index contributed by atoms with van der Waals surface area (Å²) in [6, 6.07) is 16.9. The molecule has 7 nitrogen and oxygen atoms in total. The van der Waals surface area contributed by atoms with Crippen LogP contribution in [-0.2, 0) is 11.3 Å². The zero-order chi connectivity index (χ0) is 24.6. The molecule has 1 fully saturated rings. The lowest BCUT2D eigenvalue weighted by Gasteiger charge is -2.18. The Balaban J connectivity index is 1.45. The minimum absolute atomic E-state index is 0.168. The van der Waals surface area contributed by atoms with Gasteiger partial charge in [-0.25, -0.2) is 0 Å². The lowest BCUT2D eigenvalue weighted by atomic mass is 10.1. The van der Waals surface area contributed by atoms with E-state index >= 15 is 0 Å². The van der Waals surface area contributed by atoms with E-state index in [2.05, 4.69) is 27.7 Å². The predicted octanol–water partition coefficient (Wildman–Crippen LogP) is 4.45. The van der Waals surface area contributed by atoms with Gasteiger partial charge < -0.3 is 25.0 Å². The van der Waals surface area contributed by atoms with Crippen molar-refractivity contribution in [3.05, 3.63) is 81.7 Å². The van der Waals surface area contributed by atoms with Crippen LogP contribution in [0.25, 0.3) is 6.08 Å². The molecule has 8 heteroatoms. The topological polar surface area (TPSA) is 79.9 Å². The summed E-state index contributed by atoms with van der Waals surface area (Å²) in [5.41, 5.74) is 2.71. The monoisotopic (exact) mass is 491 g/mol. The maximum atomic E-state index is 13.1. The van der Waals surface area contributed by atoms with Gasteiger partial charge in [0, 0.05) is 35.8 Å². The zero-order valence-electron chi connectivity index (χ0n) is 19.9. The number of anilines is 1. The maximum absolute atomic E-state index is 13.1. The molecule has 1 aliphatic rings. The van der Waals surface area contributed by atoms with Crippen molar-refractivity contribution in [1.29, 1.82) is 0 Å². The highest BCUT2D eigenvalue weighted by Gasteiger charge is 2.17. The van der Waals surface area contributed by atoms with Gasteiger partial charge in [0.15, 0.2) is 11.5 Å². The second kappa shape index (κ2) is 11.6. The number of amides is 2. The minimum Gasteiger partial charge on any atom is -0.493 e. The molecule has 3 aromatic rings. The number of thiophene rings is 1. The van der Waals surface area contributed by atoms with Crippen molar-refractivity contribution in [2.75, 3.05) is 32.2 Å². The molecule has 182 valence electrons. The van der Waals surface area contributed by atoms with Crippen LogP contribution in [0, 0.1) is 0 Å². The highest BCUT2D eigenvalue weighted by Crippen LogP contribution is 2.27. The third-order valence-electron chi connectivity index (χ3n) is 5.83. The van der Waals surface area contributed by atoms with E-state index in [1.807, 2.05) is 29.6 Å². The third-order valence-corrected chi connectivity index (χ3v) is 6.65. The summed E-state index contributed by atoms with van der Waals surface area (Å²) in [7, 11) is 3.04. The Hall–Kier alpha value is -3.78. The lowest BCUT2D eigenvalue weighted by molar-refractivity contribution is -0.117. The van der Waals surface area contributed by atoms with Gasteiger partial charge in [-0.15, -0.1) is 11.3 Å². The van der Waals surface area contributed by atoms with Gasteiger partial charge in [-0.05, 0) is 66.3 Å². The van der Waals surface area contributed by atoms with E-state index in [9.17, 15) is 9.59 Å². The van der Waals surface area contributed by atoms with Crippen molar-refractivity contribution < 1.29 is 19.1 Å². The first-order valence-electron chi connectivity index (χ1n) is 11.5. The standard InChI is InChI=1S/C27H29N3O4S/c1-33-24-12-9-20(16-25(24)34-2)26(31)29-23(17-22-6-5-15-35-22)27(32)28-18-19-7-10-21(11-8-19)30-13-3-4-14-30/h5-12,15-17H,3-4,13-14,18H2,1-2H3,(H,28,32)(H,29,31)/b23-17-. The fourth-order valence-corrected chi connectivity index (χ4v) is 4.58. The summed E-state index contributed by atoms with van der Waals surface area (Å²) in [4.78, 5) is 29.3. The van der Waals surface area contributed by atoms with Crippen molar-refractivity contribution in [3.63, 3.8) is 0 Å². The molecule has 1 aliphatic heterocycles. The predicted molar refractivity (Wildman–Crippen MR) is 139 cm³/mol. The molecule has 0 bridgehead atoms. The Bertz CT molecular complexity index is 1180. The Kier molecular flexibility index (Phi) is 8.05. The first-order valence-corrected chi connectivity index (χ1v) is 12.4. The summed E-state index contributed by atoms with van der Waals surface area (Å²) in [6.07, 6.45) is 4.13. The normalized spacial score (nSPS) is 13.4. The molecule has 2 aromatic carbocycles. The van der Waals surface area contributed by atoms with E-state index in [1.54, 1.807) is 24.3 Å². The fourth-order valence-electron chi connectivity index (χ4n) is 3.92. The average Bonchev–Trinajstić information content (AvgIpc) is 3.61. The molecule has 0 saturated carbocycles. The maximum Gasteiger partial charge on any atom is 0.268 e.